The van der Waals surface area contributed by atoms with Gasteiger partial charge in [0.05, 0.1) is 0 Å². The molecule has 2 unspecified atom stereocenters. The number of rotatable bonds is 1. The van der Waals surface area contributed by atoms with E-state index in [1.165, 1.54) is 38.5 Å². The summed E-state index contributed by atoms with van der Waals surface area (Å²) in [5.41, 5.74) is 0.543. The number of hydrogen-bond acceptors (Lipinski definition) is 0. The Morgan fingerprint density at radius 3 is 1.59 bits per heavy atom. The lowest BCUT2D eigenvalue weighted by atomic mass is 9.66. The monoisotopic (exact) mass is 242 g/mol. The second-order valence-electron chi connectivity index (χ2n) is 6.13. The molecule has 0 heterocycles. The van der Waals surface area contributed by atoms with Crippen molar-refractivity contribution in [3.8, 4) is 0 Å². The third-order valence-electron chi connectivity index (χ3n) is 3.55. The topological polar surface area (TPSA) is 0 Å². The summed E-state index contributed by atoms with van der Waals surface area (Å²) in [6.07, 6.45) is 8.55. The van der Waals surface area contributed by atoms with E-state index >= 15 is 0 Å². The van der Waals surface area contributed by atoms with Crippen molar-refractivity contribution in [2.45, 2.75) is 93.9 Å². The van der Waals surface area contributed by atoms with E-state index in [4.69, 9.17) is 0 Å². The van der Waals surface area contributed by atoms with Crippen LogP contribution in [0.3, 0.4) is 0 Å². The van der Waals surface area contributed by atoms with Gasteiger partial charge >= 0.3 is 0 Å². The maximum absolute atomic E-state index is 2.41. The Labute approximate surface area is 112 Å². The quantitative estimate of drug-likeness (QED) is 0.480. The number of hydrogen-bond donors (Lipinski definition) is 0. The second kappa shape index (κ2) is 11.1. The highest BCUT2D eigenvalue weighted by atomic mass is 14.4. The fraction of sp³-hybridized carbons (Fsp3) is 1.00. The van der Waals surface area contributed by atoms with Crippen LogP contribution in [0.1, 0.15) is 93.9 Å². The summed E-state index contributed by atoms with van der Waals surface area (Å²) in [5.74, 6) is 2.00. The van der Waals surface area contributed by atoms with Gasteiger partial charge in [-0.15, -0.1) is 0 Å². The van der Waals surface area contributed by atoms with E-state index in [1.54, 1.807) is 0 Å². The normalized spacial score (nSPS) is 24.0. The molecule has 0 radical (unpaired) electrons. The molecule has 0 heteroatoms. The average molecular weight is 242 g/mol. The first-order valence-corrected chi connectivity index (χ1v) is 7.97. The Morgan fingerprint density at radius 1 is 0.882 bits per heavy atom. The summed E-state index contributed by atoms with van der Waals surface area (Å²) in [6.45, 7) is 17.8. The van der Waals surface area contributed by atoms with Crippen molar-refractivity contribution in [1.29, 1.82) is 0 Å². The van der Waals surface area contributed by atoms with Gasteiger partial charge in [0, 0.05) is 0 Å². The summed E-state index contributed by atoms with van der Waals surface area (Å²) in [6, 6.07) is 0. The Bertz CT molecular complexity index is 141. The van der Waals surface area contributed by atoms with Gasteiger partial charge < -0.3 is 0 Å². The average Bonchev–Trinajstić information content (AvgIpc) is 2.31. The molecule has 1 aliphatic rings. The van der Waals surface area contributed by atoms with Crippen molar-refractivity contribution in [3.05, 3.63) is 0 Å². The van der Waals surface area contributed by atoms with Gasteiger partial charge in [-0.05, 0) is 23.7 Å². The zero-order valence-electron chi connectivity index (χ0n) is 13.9. The van der Waals surface area contributed by atoms with E-state index in [9.17, 15) is 0 Å². The van der Waals surface area contributed by atoms with E-state index in [0.29, 0.717) is 5.41 Å². The minimum absolute atomic E-state index is 0.543. The second-order valence-corrected chi connectivity index (χ2v) is 6.13. The lowest BCUT2D eigenvalue weighted by molar-refractivity contribution is 0.105. The predicted molar refractivity (Wildman–Crippen MR) is 82.5 cm³/mol. The molecular formula is C17H38. The van der Waals surface area contributed by atoms with Gasteiger partial charge in [0.25, 0.3) is 0 Å². The van der Waals surface area contributed by atoms with E-state index < -0.39 is 0 Å². The largest absolute Gasteiger partial charge is 0.0683 e. The van der Waals surface area contributed by atoms with Crippen molar-refractivity contribution in [1.82, 2.24) is 0 Å². The zero-order valence-corrected chi connectivity index (χ0v) is 13.9. The molecule has 0 aromatic rings. The Balaban J connectivity index is 0. The minimum Gasteiger partial charge on any atom is -0.0683 e. The molecule has 1 saturated carbocycles. The fourth-order valence-corrected chi connectivity index (χ4v) is 2.84. The Kier molecular flexibility index (Phi) is 12.6. The van der Waals surface area contributed by atoms with Crippen molar-refractivity contribution in [3.63, 3.8) is 0 Å². The fourth-order valence-electron chi connectivity index (χ4n) is 2.84. The standard InChI is InChI=1S/C12H24.C3H8.C2H6/c1-5-10-8-6-7-9-11(10)12(2,3)4;1-3-2;1-2/h10-11H,5-9H2,1-4H3;3H2,1-2H3;1-2H3. The van der Waals surface area contributed by atoms with Gasteiger partial charge in [-0.25, -0.2) is 0 Å². The maximum Gasteiger partial charge on any atom is -0.0337 e. The van der Waals surface area contributed by atoms with Gasteiger partial charge in [-0.3, -0.25) is 0 Å². The lowest BCUT2D eigenvalue weighted by Crippen LogP contribution is -2.30. The van der Waals surface area contributed by atoms with Gasteiger partial charge in [-0.2, -0.15) is 0 Å². The van der Waals surface area contributed by atoms with Crippen LogP contribution in [0.2, 0.25) is 0 Å². The molecule has 0 bridgehead atoms. The molecule has 0 nitrogen and oxygen atoms in total. The van der Waals surface area contributed by atoms with Gasteiger partial charge in [0.15, 0.2) is 0 Å². The molecule has 2 atom stereocenters. The maximum atomic E-state index is 2.41. The molecule has 0 aliphatic heterocycles. The molecule has 0 amide bonds. The molecule has 106 valence electrons. The predicted octanol–water partition coefficient (Wildman–Crippen LogP) is 6.69. The summed E-state index contributed by atoms with van der Waals surface area (Å²) in [7, 11) is 0. The van der Waals surface area contributed by atoms with Crippen molar-refractivity contribution in [2.75, 3.05) is 0 Å². The molecule has 1 aliphatic carbocycles. The molecular weight excluding hydrogens is 204 g/mol. The van der Waals surface area contributed by atoms with Gasteiger partial charge in [-0.1, -0.05) is 87.5 Å². The van der Waals surface area contributed by atoms with Crippen molar-refractivity contribution >= 4 is 0 Å². The van der Waals surface area contributed by atoms with Crippen LogP contribution in [-0.2, 0) is 0 Å². The highest BCUT2D eigenvalue weighted by molar-refractivity contribution is 4.82. The highest BCUT2D eigenvalue weighted by Crippen LogP contribution is 2.42. The molecule has 0 aromatic carbocycles. The van der Waals surface area contributed by atoms with E-state index in [0.717, 1.165) is 11.8 Å². The van der Waals surface area contributed by atoms with Crippen molar-refractivity contribution < 1.29 is 0 Å². The first-order chi connectivity index (χ1) is 7.97. The minimum atomic E-state index is 0.543. The van der Waals surface area contributed by atoms with Gasteiger partial charge in [0.2, 0.25) is 0 Å². The molecule has 0 spiro atoms. The third-order valence-corrected chi connectivity index (χ3v) is 3.55. The molecule has 0 saturated heterocycles. The van der Waals surface area contributed by atoms with Crippen LogP contribution in [0.15, 0.2) is 0 Å². The molecule has 1 rings (SSSR count). The van der Waals surface area contributed by atoms with Crippen LogP contribution in [0, 0.1) is 17.3 Å². The first kappa shape index (κ1) is 19.3. The Hall–Kier alpha value is 0. The summed E-state index contributed by atoms with van der Waals surface area (Å²) >= 11 is 0. The van der Waals surface area contributed by atoms with Crippen molar-refractivity contribution in [2.24, 2.45) is 17.3 Å². The van der Waals surface area contributed by atoms with Crippen LogP contribution < -0.4 is 0 Å². The van der Waals surface area contributed by atoms with E-state index in [1.807, 2.05) is 13.8 Å². The zero-order chi connectivity index (χ0) is 13.9. The molecule has 17 heavy (non-hydrogen) atoms. The van der Waals surface area contributed by atoms with Crippen LogP contribution in [-0.4, -0.2) is 0 Å². The summed E-state index contributed by atoms with van der Waals surface area (Å²) in [5, 5.41) is 0. The smallest absolute Gasteiger partial charge is 0.0337 e. The molecule has 0 aromatic heterocycles. The molecule has 0 N–H and O–H groups in total. The van der Waals surface area contributed by atoms with Crippen LogP contribution in [0.4, 0.5) is 0 Å². The van der Waals surface area contributed by atoms with E-state index in [2.05, 4.69) is 41.5 Å². The molecule has 1 fully saturated rings. The van der Waals surface area contributed by atoms with Crippen LogP contribution >= 0.6 is 0 Å². The van der Waals surface area contributed by atoms with Crippen LogP contribution in [0.5, 0.6) is 0 Å². The third kappa shape index (κ3) is 8.69. The first-order valence-electron chi connectivity index (χ1n) is 7.97. The summed E-state index contributed by atoms with van der Waals surface area (Å²) in [4.78, 5) is 0. The Morgan fingerprint density at radius 2 is 1.29 bits per heavy atom. The van der Waals surface area contributed by atoms with Crippen LogP contribution in [0.25, 0.3) is 0 Å². The van der Waals surface area contributed by atoms with E-state index in [-0.39, 0.29) is 0 Å². The van der Waals surface area contributed by atoms with Gasteiger partial charge in [0.1, 0.15) is 0 Å². The lowest BCUT2D eigenvalue weighted by Gasteiger charge is -2.40. The highest BCUT2D eigenvalue weighted by Gasteiger charge is 2.32. The SMILES string of the molecule is CC.CCC.CCC1CCCCC1C(C)(C)C. The summed E-state index contributed by atoms with van der Waals surface area (Å²) < 4.78 is 0.